The van der Waals surface area contributed by atoms with E-state index in [1.165, 1.54) is 5.56 Å². The Kier molecular flexibility index (Phi) is 8.00. The third kappa shape index (κ3) is 4.62. The number of carbonyl (C=O) groups is 1. The minimum Gasteiger partial charge on any atom is -0.496 e. The number of amides is 1. The largest absolute Gasteiger partial charge is 0.496 e. The van der Waals surface area contributed by atoms with Gasteiger partial charge in [-0.25, -0.2) is 0 Å². The first-order valence-electron chi connectivity index (χ1n) is 8.23. The molecule has 24 heavy (non-hydrogen) atoms. The Labute approximate surface area is 150 Å². The maximum Gasteiger partial charge on any atom is 0.224 e. The second kappa shape index (κ2) is 9.25. The smallest absolute Gasteiger partial charge is 0.224 e. The summed E-state index contributed by atoms with van der Waals surface area (Å²) in [6, 6.07) is 6.22. The van der Waals surface area contributed by atoms with E-state index in [9.17, 15) is 4.79 Å². The van der Waals surface area contributed by atoms with Crippen LogP contribution in [0.1, 0.15) is 30.9 Å². The molecule has 2 rings (SSSR count). The van der Waals surface area contributed by atoms with Crippen molar-refractivity contribution in [2.75, 3.05) is 33.4 Å². The zero-order valence-corrected chi connectivity index (χ0v) is 15.6. The fraction of sp³-hybridized carbons (Fsp3) is 0.611. The first-order valence-corrected chi connectivity index (χ1v) is 8.23. The predicted octanol–water partition coefficient (Wildman–Crippen LogP) is 2.18. The predicted molar refractivity (Wildman–Crippen MR) is 97.9 cm³/mol. The minimum absolute atomic E-state index is 0. The third-order valence-electron chi connectivity index (χ3n) is 4.78. The van der Waals surface area contributed by atoms with Crippen LogP contribution in [0.25, 0.3) is 0 Å². The standard InChI is InChI=1S/C18H28N2O3.ClH/c1-13-4-5-16(22-3)15(10-13)18(6-8-23-9-7-18)12-20-17(21)14(2)11-19;/h4-5,10,14H,6-9,11-12,19H2,1-3H3,(H,20,21);1H. The Morgan fingerprint density at radius 2 is 2.08 bits per heavy atom. The van der Waals surface area contributed by atoms with Gasteiger partial charge in [0.15, 0.2) is 0 Å². The monoisotopic (exact) mass is 356 g/mol. The molecule has 1 fully saturated rings. The molecule has 1 atom stereocenters. The molecule has 1 aliphatic heterocycles. The fourth-order valence-corrected chi connectivity index (χ4v) is 3.08. The van der Waals surface area contributed by atoms with E-state index in [0.29, 0.717) is 26.3 Å². The van der Waals surface area contributed by atoms with Gasteiger partial charge >= 0.3 is 0 Å². The summed E-state index contributed by atoms with van der Waals surface area (Å²) in [6.07, 6.45) is 1.73. The topological polar surface area (TPSA) is 73.6 Å². The summed E-state index contributed by atoms with van der Waals surface area (Å²) in [5.41, 5.74) is 7.78. The van der Waals surface area contributed by atoms with E-state index >= 15 is 0 Å². The lowest BCUT2D eigenvalue weighted by Crippen LogP contribution is -2.46. The van der Waals surface area contributed by atoms with Crippen molar-refractivity contribution in [3.63, 3.8) is 0 Å². The zero-order chi connectivity index (χ0) is 16.9. The molecule has 1 aromatic carbocycles. The van der Waals surface area contributed by atoms with Crippen molar-refractivity contribution in [2.24, 2.45) is 11.7 Å². The number of ether oxygens (including phenoxy) is 2. The molecule has 136 valence electrons. The van der Waals surface area contributed by atoms with Gasteiger partial charge in [0.05, 0.1) is 7.11 Å². The number of nitrogens with two attached hydrogens (primary N) is 1. The van der Waals surface area contributed by atoms with Crippen molar-refractivity contribution in [1.82, 2.24) is 5.32 Å². The highest BCUT2D eigenvalue weighted by atomic mass is 35.5. The maximum absolute atomic E-state index is 12.2. The molecule has 5 nitrogen and oxygen atoms in total. The summed E-state index contributed by atoms with van der Waals surface area (Å²) in [5.74, 6) is 0.704. The Balaban J connectivity index is 0.00000288. The Bertz CT molecular complexity index is 545. The Morgan fingerprint density at radius 3 is 2.67 bits per heavy atom. The van der Waals surface area contributed by atoms with E-state index in [-0.39, 0.29) is 29.6 Å². The first-order chi connectivity index (χ1) is 11.0. The van der Waals surface area contributed by atoms with Gasteiger partial charge in [0.2, 0.25) is 5.91 Å². The number of benzene rings is 1. The van der Waals surface area contributed by atoms with Gasteiger partial charge < -0.3 is 20.5 Å². The molecule has 1 saturated heterocycles. The number of halogens is 1. The SMILES string of the molecule is COc1ccc(C)cc1C1(CNC(=O)C(C)CN)CCOCC1.Cl. The molecule has 1 aliphatic rings. The summed E-state index contributed by atoms with van der Waals surface area (Å²) < 4.78 is 11.1. The number of methoxy groups -OCH3 is 1. The van der Waals surface area contributed by atoms with E-state index in [2.05, 4.69) is 18.3 Å². The van der Waals surface area contributed by atoms with Crippen LogP contribution in [0.5, 0.6) is 5.75 Å². The van der Waals surface area contributed by atoms with Crippen molar-refractivity contribution >= 4 is 18.3 Å². The average molecular weight is 357 g/mol. The summed E-state index contributed by atoms with van der Waals surface area (Å²) in [5, 5.41) is 3.08. The van der Waals surface area contributed by atoms with E-state index in [4.69, 9.17) is 15.2 Å². The second-order valence-electron chi connectivity index (χ2n) is 6.45. The third-order valence-corrected chi connectivity index (χ3v) is 4.78. The number of hydrogen-bond acceptors (Lipinski definition) is 4. The van der Waals surface area contributed by atoms with Crippen molar-refractivity contribution in [2.45, 2.75) is 32.1 Å². The van der Waals surface area contributed by atoms with Gasteiger partial charge in [-0.05, 0) is 25.8 Å². The van der Waals surface area contributed by atoms with Gasteiger partial charge in [-0.15, -0.1) is 12.4 Å². The van der Waals surface area contributed by atoms with Crippen molar-refractivity contribution < 1.29 is 14.3 Å². The summed E-state index contributed by atoms with van der Waals surface area (Å²) in [7, 11) is 1.69. The molecule has 0 bridgehead atoms. The molecule has 1 amide bonds. The Hall–Kier alpha value is -1.30. The number of nitrogens with one attached hydrogen (secondary N) is 1. The lowest BCUT2D eigenvalue weighted by atomic mass is 9.73. The highest BCUT2D eigenvalue weighted by Crippen LogP contribution is 2.40. The summed E-state index contributed by atoms with van der Waals surface area (Å²) in [4.78, 5) is 12.2. The number of rotatable bonds is 6. The van der Waals surface area contributed by atoms with Crippen LogP contribution < -0.4 is 15.8 Å². The quantitative estimate of drug-likeness (QED) is 0.819. The van der Waals surface area contributed by atoms with Crippen LogP contribution in [0.15, 0.2) is 18.2 Å². The van der Waals surface area contributed by atoms with E-state index < -0.39 is 0 Å². The lowest BCUT2D eigenvalue weighted by Gasteiger charge is -2.39. The molecule has 0 aliphatic carbocycles. The van der Waals surface area contributed by atoms with Crippen LogP contribution in [-0.4, -0.2) is 39.3 Å². The van der Waals surface area contributed by atoms with Crippen LogP contribution in [0.3, 0.4) is 0 Å². The molecule has 6 heteroatoms. The molecule has 3 N–H and O–H groups in total. The van der Waals surface area contributed by atoms with Crippen molar-refractivity contribution in [1.29, 1.82) is 0 Å². The van der Waals surface area contributed by atoms with Gasteiger partial charge in [-0.1, -0.05) is 24.6 Å². The molecule has 1 unspecified atom stereocenters. The van der Waals surface area contributed by atoms with Crippen LogP contribution in [0.4, 0.5) is 0 Å². The van der Waals surface area contributed by atoms with Crippen molar-refractivity contribution in [3.8, 4) is 5.75 Å². The van der Waals surface area contributed by atoms with E-state index in [1.54, 1.807) is 7.11 Å². The normalized spacial score (nSPS) is 17.5. The van der Waals surface area contributed by atoms with Crippen LogP contribution in [0, 0.1) is 12.8 Å². The molecule has 0 saturated carbocycles. The molecule has 1 heterocycles. The average Bonchev–Trinajstić information content (AvgIpc) is 2.59. The minimum atomic E-state index is -0.175. The lowest BCUT2D eigenvalue weighted by molar-refractivity contribution is -0.124. The van der Waals surface area contributed by atoms with Gasteiger partial charge in [0.1, 0.15) is 5.75 Å². The number of hydrogen-bond donors (Lipinski definition) is 2. The summed E-state index contributed by atoms with van der Waals surface area (Å²) in [6.45, 7) is 6.25. The molecular weight excluding hydrogens is 328 g/mol. The number of aryl methyl sites for hydroxylation is 1. The van der Waals surface area contributed by atoms with Crippen LogP contribution in [-0.2, 0) is 14.9 Å². The molecular formula is C18H29ClN2O3. The first kappa shape index (κ1) is 20.7. The van der Waals surface area contributed by atoms with Gasteiger partial charge in [0, 0.05) is 43.2 Å². The number of carbonyl (C=O) groups excluding carboxylic acids is 1. The molecule has 0 spiro atoms. The molecule has 0 radical (unpaired) electrons. The second-order valence-corrected chi connectivity index (χ2v) is 6.45. The van der Waals surface area contributed by atoms with Gasteiger partial charge in [-0.2, -0.15) is 0 Å². The van der Waals surface area contributed by atoms with Crippen LogP contribution >= 0.6 is 12.4 Å². The van der Waals surface area contributed by atoms with E-state index in [0.717, 1.165) is 24.2 Å². The maximum atomic E-state index is 12.2. The highest BCUT2D eigenvalue weighted by Gasteiger charge is 2.37. The van der Waals surface area contributed by atoms with E-state index in [1.807, 2.05) is 19.1 Å². The van der Waals surface area contributed by atoms with Crippen molar-refractivity contribution in [3.05, 3.63) is 29.3 Å². The Morgan fingerprint density at radius 1 is 1.42 bits per heavy atom. The molecule has 0 aromatic heterocycles. The van der Waals surface area contributed by atoms with Crippen LogP contribution in [0.2, 0.25) is 0 Å². The van der Waals surface area contributed by atoms with Gasteiger partial charge in [0.25, 0.3) is 0 Å². The van der Waals surface area contributed by atoms with Gasteiger partial charge in [-0.3, -0.25) is 4.79 Å². The zero-order valence-electron chi connectivity index (χ0n) is 14.8. The fourth-order valence-electron chi connectivity index (χ4n) is 3.08. The molecule has 1 aromatic rings. The summed E-state index contributed by atoms with van der Waals surface area (Å²) >= 11 is 0. The highest BCUT2D eigenvalue weighted by molar-refractivity contribution is 5.85.